The van der Waals surface area contributed by atoms with Gasteiger partial charge >= 0.3 is 5.97 Å². The van der Waals surface area contributed by atoms with Crippen molar-refractivity contribution in [3.63, 3.8) is 0 Å². The van der Waals surface area contributed by atoms with E-state index in [4.69, 9.17) is 19.2 Å². The third-order valence-electron chi connectivity index (χ3n) is 5.19. The Morgan fingerprint density at radius 2 is 1.80 bits per heavy atom. The van der Waals surface area contributed by atoms with Gasteiger partial charge in [0.1, 0.15) is 0 Å². The summed E-state index contributed by atoms with van der Waals surface area (Å²) in [7, 11) is 2.81. The summed E-state index contributed by atoms with van der Waals surface area (Å²) in [5.41, 5.74) is 1.75. The Labute approximate surface area is 215 Å². The first-order valence-corrected chi connectivity index (χ1v) is 11.7. The van der Waals surface area contributed by atoms with Gasteiger partial charge in [-0.2, -0.15) is 9.78 Å². The molecule has 0 unspecified atom stereocenters. The van der Waals surface area contributed by atoms with Crippen molar-refractivity contribution >= 4 is 45.7 Å². The monoisotopic (exact) mass is 583 g/mol. The van der Waals surface area contributed by atoms with Crippen LogP contribution < -0.4 is 15.0 Å². The number of para-hydroxylation sites is 1. The highest BCUT2D eigenvalue weighted by atomic mass is 127. The maximum absolute atomic E-state index is 13.3. The van der Waals surface area contributed by atoms with Gasteiger partial charge in [-0.3, -0.25) is 4.79 Å². The maximum Gasteiger partial charge on any atom is 0.346 e. The third-order valence-corrected chi connectivity index (χ3v) is 5.99. The van der Waals surface area contributed by atoms with Gasteiger partial charge in [-0.25, -0.2) is 9.78 Å². The number of carbonyl (C=O) groups excluding carboxylic acids is 1. The summed E-state index contributed by atoms with van der Waals surface area (Å²) >= 11 is 2.09. The molecule has 8 nitrogen and oxygen atoms in total. The lowest BCUT2D eigenvalue weighted by atomic mass is 10.2. The van der Waals surface area contributed by atoms with Crippen LogP contribution in [0.3, 0.4) is 0 Å². The largest absolute Gasteiger partial charge is 0.493 e. The van der Waals surface area contributed by atoms with Crippen molar-refractivity contribution in [3.8, 4) is 22.9 Å². The minimum atomic E-state index is -0.808. The minimum Gasteiger partial charge on any atom is -0.493 e. The normalized spacial score (nSPS) is 12.0. The van der Waals surface area contributed by atoms with Crippen molar-refractivity contribution in [2.45, 2.75) is 13.0 Å². The first kappa shape index (κ1) is 24.4. The van der Waals surface area contributed by atoms with Crippen LogP contribution in [0.2, 0.25) is 0 Å². The van der Waals surface area contributed by atoms with Crippen LogP contribution in [-0.2, 0) is 9.53 Å². The molecule has 1 atom stereocenters. The first-order chi connectivity index (χ1) is 16.9. The molecule has 0 bridgehead atoms. The van der Waals surface area contributed by atoms with Gasteiger partial charge in [-0.05, 0) is 59.3 Å². The minimum absolute atomic E-state index is 0.278. The Balaban J connectivity index is 1.78. The Bertz CT molecular complexity index is 1470. The van der Waals surface area contributed by atoms with Crippen LogP contribution >= 0.6 is 22.6 Å². The molecule has 0 aliphatic heterocycles. The van der Waals surface area contributed by atoms with E-state index in [1.807, 2.05) is 42.5 Å². The van der Waals surface area contributed by atoms with Crippen molar-refractivity contribution < 1.29 is 19.0 Å². The van der Waals surface area contributed by atoms with Gasteiger partial charge < -0.3 is 14.2 Å². The van der Waals surface area contributed by atoms with E-state index in [-0.39, 0.29) is 5.56 Å². The van der Waals surface area contributed by atoms with Gasteiger partial charge in [0.2, 0.25) is 0 Å². The SMILES string of the molecule is COC(=O)[C@H](C)Oc1c(I)cc(C=Nn2c(-c3ccccc3)nc3ccccc3c2=O)cc1OC. The Morgan fingerprint density at radius 1 is 1.09 bits per heavy atom. The van der Waals surface area contributed by atoms with Gasteiger partial charge in [0.15, 0.2) is 23.4 Å². The van der Waals surface area contributed by atoms with E-state index in [2.05, 4.69) is 27.7 Å². The predicted molar refractivity (Wildman–Crippen MR) is 142 cm³/mol. The van der Waals surface area contributed by atoms with Crippen LogP contribution in [0.15, 0.2) is 76.6 Å². The molecule has 35 heavy (non-hydrogen) atoms. The number of hydrogen-bond acceptors (Lipinski definition) is 7. The average Bonchev–Trinajstić information content (AvgIpc) is 2.89. The molecule has 0 N–H and O–H groups in total. The zero-order valence-corrected chi connectivity index (χ0v) is 21.4. The molecule has 1 aromatic heterocycles. The highest BCUT2D eigenvalue weighted by Gasteiger charge is 2.20. The summed E-state index contributed by atoms with van der Waals surface area (Å²) in [5.74, 6) is 0.767. The highest BCUT2D eigenvalue weighted by Crippen LogP contribution is 2.34. The zero-order chi connectivity index (χ0) is 24.9. The molecule has 3 aromatic carbocycles. The molecule has 0 amide bonds. The fourth-order valence-electron chi connectivity index (χ4n) is 3.45. The van der Waals surface area contributed by atoms with Crippen LogP contribution in [-0.4, -0.2) is 42.2 Å². The molecule has 9 heteroatoms. The molecule has 0 saturated carbocycles. The van der Waals surface area contributed by atoms with Gasteiger partial charge in [0, 0.05) is 5.56 Å². The summed E-state index contributed by atoms with van der Waals surface area (Å²) in [4.78, 5) is 29.8. The van der Waals surface area contributed by atoms with Crippen molar-refractivity contribution in [1.82, 2.24) is 9.66 Å². The number of hydrogen-bond donors (Lipinski definition) is 0. The smallest absolute Gasteiger partial charge is 0.346 e. The molecule has 0 spiro atoms. The third kappa shape index (κ3) is 5.19. The molecule has 0 saturated heterocycles. The van der Waals surface area contributed by atoms with E-state index in [0.717, 1.165) is 5.56 Å². The summed E-state index contributed by atoms with van der Waals surface area (Å²) in [6.45, 7) is 1.60. The lowest BCUT2D eigenvalue weighted by Gasteiger charge is -2.17. The second-order valence-corrected chi connectivity index (χ2v) is 8.66. The van der Waals surface area contributed by atoms with Crippen molar-refractivity contribution in [3.05, 3.63) is 86.2 Å². The van der Waals surface area contributed by atoms with E-state index in [1.165, 1.54) is 18.9 Å². The van der Waals surface area contributed by atoms with Gasteiger partial charge in [-0.1, -0.05) is 42.5 Å². The first-order valence-electron chi connectivity index (χ1n) is 10.7. The molecule has 0 aliphatic rings. The van der Waals surface area contributed by atoms with E-state index in [0.29, 0.717) is 37.4 Å². The van der Waals surface area contributed by atoms with Gasteiger partial charge in [0.25, 0.3) is 5.56 Å². The Kier molecular flexibility index (Phi) is 7.45. The Morgan fingerprint density at radius 3 is 2.51 bits per heavy atom. The molecule has 178 valence electrons. The van der Waals surface area contributed by atoms with E-state index >= 15 is 0 Å². The number of nitrogens with zero attached hydrogens (tertiary/aromatic N) is 3. The number of rotatable bonds is 7. The van der Waals surface area contributed by atoms with E-state index in [1.54, 1.807) is 37.4 Å². The lowest BCUT2D eigenvalue weighted by Crippen LogP contribution is -2.25. The van der Waals surface area contributed by atoms with Gasteiger partial charge in [-0.15, -0.1) is 0 Å². The molecule has 0 fully saturated rings. The quantitative estimate of drug-likeness (QED) is 0.181. The standard InChI is InChI=1S/C26H22IN3O5/c1-16(26(32)34-3)35-23-20(27)13-17(14-22(23)33-2)15-28-30-24(18-9-5-4-6-10-18)29-21-12-8-7-11-19(21)25(30)31/h4-16H,1-3H3/t16-/m0/s1. The van der Waals surface area contributed by atoms with Crippen molar-refractivity contribution in [1.29, 1.82) is 0 Å². The predicted octanol–water partition coefficient (Wildman–Crippen LogP) is 4.50. The number of benzene rings is 3. The number of carbonyl (C=O) groups is 1. The average molecular weight is 583 g/mol. The van der Waals surface area contributed by atoms with Crippen molar-refractivity contribution in [2.75, 3.05) is 14.2 Å². The van der Waals surface area contributed by atoms with Crippen molar-refractivity contribution in [2.24, 2.45) is 5.10 Å². The van der Waals surface area contributed by atoms with E-state index < -0.39 is 12.1 Å². The van der Waals surface area contributed by atoms with Crippen LogP contribution in [0, 0.1) is 3.57 Å². The zero-order valence-electron chi connectivity index (χ0n) is 19.3. The number of fused-ring (bicyclic) bond motifs is 1. The van der Waals surface area contributed by atoms with Crippen LogP contribution in [0.4, 0.5) is 0 Å². The van der Waals surface area contributed by atoms with E-state index in [9.17, 15) is 9.59 Å². The van der Waals surface area contributed by atoms with Crippen LogP contribution in [0.25, 0.3) is 22.3 Å². The topological polar surface area (TPSA) is 92.0 Å². The molecular weight excluding hydrogens is 561 g/mol. The number of aromatic nitrogens is 2. The summed E-state index contributed by atoms with van der Waals surface area (Å²) < 4.78 is 18.0. The fraction of sp³-hybridized carbons (Fsp3) is 0.154. The highest BCUT2D eigenvalue weighted by molar-refractivity contribution is 14.1. The number of halogens is 1. The second-order valence-electron chi connectivity index (χ2n) is 7.50. The number of ether oxygens (including phenoxy) is 3. The number of methoxy groups -OCH3 is 2. The lowest BCUT2D eigenvalue weighted by molar-refractivity contribution is -0.147. The molecule has 1 heterocycles. The fourth-order valence-corrected chi connectivity index (χ4v) is 4.20. The summed E-state index contributed by atoms with van der Waals surface area (Å²) in [5, 5.41) is 4.96. The summed E-state index contributed by atoms with van der Waals surface area (Å²) in [6.07, 6.45) is 0.750. The second kappa shape index (κ2) is 10.7. The maximum atomic E-state index is 13.3. The van der Waals surface area contributed by atoms with Gasteiger partial charge in [0.05, 0.1) is 34.9 Å². The van der Waals surface area contributed by atoms with Crippen LogP contribution in [0.1, 0.15) is 12.5 Å². The van der Waals surface area contributed by atoms with Crippen LogP contribution in [0.5, 0.6) is 11.5 Å². The molecular formula is C26H22IN3O5. The Hall–Kier alpha value is -3.73. The molecule has 0 radical (unpaired) electrons. The number of esters is 1. The summed E-state index contributed by atoms with van der Waals surface area (Å²) in [6, 6.07) is 20.1. The molecule has 0 aliphatic carbocycles. The molecule has 4 rings (SSSR count). The molecule has 4 aromatic rings.